The third-order valence-corrected chi connectivity index (χ3v) is 15.0. The van der Waals surface area contributed by atoms with Crippen molar-refractivity contribution in [2.24, 2.45) is 0 Å². The number of aromatic nitrogens is 3. The average Bonchev–Trinajstić information content (AvgIpc) is 4.36. The van der Waals surface area contributed by atoms with Crippen LogP contribution in [0.5, 0.6) is 0 Å². The second kappa shape index (κ2) is 27.5. The van der Waals surface area contributed by atoms with E-state index in [0.29, 0.717) is 88.8 Å². The molecule has 23 nitrogen and oxygen atoms in total. The monoisotopic (exact) mass is 1210 g/mol. The van der Waals surface area contributed by atoms with Crippen molar-refractivity contribution in [3.63, 3.8) is 0 Å². The minimum absolute atomic E-state index is 0. The van der Waals surface area contributed by atoms with E-state index in [1.807, 2.05) is 47.8 Å². The summed E-state index contributed by atoms with van der Waals surface area (Å²) in [5.41, 5.74) is 0.537. The van der Waals surface area contributed by atoms with Crippen molar-refractivity contribution < 1.29 is 65.8 Å². The molecule has 6 heterocycles. The number of ether oxygens (including phenoxy) is 2. The van der Waals surface area contributed by atoms with Gasteiger partial charge in [-0.25, -0.2) is 22.8 Å². The average molecular weight is 1210 g/mol. The highest BCUT2D eigenvalue weighted by Crippen LogP contribution is 2.29. The highest BCUT2D eigenvalue weighted by Gasteiger charge is 2.34. The maximum Gasteiger partial charge on any atom is 0.339 e. The summed E-state index contributed by atoms with van der Waals surface area (Å²) in [6.45, 7) is 5.42. The van der Waals surface area contributed by atoms with E-state index >= 15 is 0 Å². The lowest BCUT2D eigenvalue weighted by molar-refractivity contribution is -0.128. The Morgan fingerprint density at radius 3 is 1.06 bits per heavy atom. The fraction of sp³-hybridized carbons (Fsp3) is 0.352. The molecule has 0 radical (unpaired) electrons. The van der Waals surface area contributed by atoms with Gasteiger partial charge in [-0.05, 0) is 60.8 Å². The maximum atomic E-state index is 14.5. The Kier molecular flexibility index (Phi) is 21.1. The predicted molar refractivity (Wildman–Crippen MR) is 309 cm³/mol. The number of thiocarbonyl (C=S) groups is 2. The molecule has 4 amide bonds. The Hall–Kier alpha value is -8.47. The number of carbonyl (C=O) groups is 9. The van der Waals surface area contributed by atoms with E-state index in [9.17, 15) is 56.3 Å². The van der Waals surface area contributed by atoms with Gasteiger partial charge in [0.2, 0.25) is 0 Å². The lowest BCUT2D eigenvalue weighted by Crippen LogP contribution is -2.54. The highest BCUT2D eigenvalue weighted by molar-refractivity contribution is 7.80. The van der Waals surface area contributed by atoms with Crippen LogP contribution in [0.1, 0.15) is 62.1 Å². The number of nitrogens with one attached hydrogen (secondary N) is 5. The summed E-state index contributed by atoms with van der Waals surface area (Å²) in [7, 11) is 11.3. The molecule has 442 valence electrons. The first-order valence-corrected chi connectivity index (χ1v) is 26.3. The van der Waals surface area contributed by atoms with E-state index in [-0.39, 0.29) is 78.5 Å². The molecule has 9 rings (SSSR count). The summed E-state index contributed by atoms with van der Waals surface area (Å²) in [4.78, 5) is 132. The SMILES string of the molecule is CNC(=O)c1ccc(F)c2c(C(=O)C(=O)N3CCN(C(=S)N(C)C)CC3)c[nH]c12.COC(=O)c1ccc(F)c2c(C(=O)C(=O)N3CCN(C(=S)N(C)C)CC3)c[nH]c12.COC(=O)c1ccc(F)c2c(C(=O)C(=O)N3CCNCC3)c[nH]c12.Cl. The summed E-state index contributed by atoms with van der Waals surface area (Å²) in [5.74, 6) is -8.36. The Balaban J connectivity index is 0.000000200. The normalized spacial score (nSPS) is 14.1. The van der Waals surface area contributed by atoms with E-state index in [1.54, 1.807) is 0 Å². The Labute approximate surface area is 490 Å². The van der Waals surface area contributed by atoms with Gasteiger partial charge in [0.25, 0.3) is 41.0 Å². The molecule has 0 saturated carbocycles. The first-order chi connectivity index (χ1) is 39.1. The third kappa shape index (κ3) is 13.4. The minimum Gasteiger partial charge on any atom is -0.465 e. The molecule has 3 aliphatic rings. The lowest BCUT2D eigenvalue weighted by Gasteiger charge is -2.37. The van der Waals surface area contributed by atoms with Crippen LogP contribution in [0.3, 0.4) is 0 Å². The van der Waals surface area contributed by atoms with Gasteiger partial charge in [0.1, 0.15) is 17.5 Å². The number of fused-ring (bicyclic) bond motifs is 3. The van der Waals surface area contributed by atoms with E-state index in [4.69, 9.17) is 24.4 Å². The van der Waals surface area contributed by atoms with Crippen LogP contribution in [0, 0.1) is 17.5 Å². The van der Waals surface area contributed by atoms with Crippen LogP contribution in [0.2, 0.25) is 0 Å². The standard InChI is InChI=1S/C19H22FN5O3S.C19H21FN4O4S.C16H16FN3O4.ClH/c1-21-17(27)11-4-5-13(20)14-12(10-22-15(11)14)16(26)18(28)24-6-8-25(9-7-24)19(29)23(2)3;1-22(2)19(29)24-8-6-23(7-9-24)17(26)16(25)12-10-21-15-11(18(27)28-3)4-5-13(20)14(12)15;1-24-16(23)9-2-3-11(17)12-10(8-19-13(9)12)14(21)15(22)20-6-4-18-5-7-20;/h4-5,10,22H,6-9H2,1-3H3,(H,21,27);4-5,10,21H,6-9H2,1-3H3;2-3,8,18-19H,4-7H2,1H3;1H. The molecule has 3 fully saturated rings. The topological polar surface area (TPSA) is 266 Å². The largest absolute Gasteiger partial charge is 0.465 e. The predicted octanol–water partition coefficient (Wildman–Crippen LogP) is 3.24. The minimum atomic E-state index is -0.833. The number of esters is 2. The van der Waals surface area contributed by atoms with Gasteiger partial charge in [0.15, 0.2) is 10.2 Å². The van der Waals surface area contributed by atoms with Crippen molar-refractivity contribution in [3.05, 3.63) is 106 Å². The molecule has 0 spiro atoms. The molecule has 0 bridgehead atoms. The number of hydrogen-bond acceptors (Lipinski definition) is 14. The van der Waals surface area contributed by atoms with Crippen LogP contribution in [0.25, 0.3) is 32.7 Å². The summed E-state index contributed by atoms with van der Waals surface area (Å²) in [6, 6.07) is 7.13. The number of nitrogens with zero attached hydrogens (tertiary/aromatic N) is 7. The molecule has 29 heteroatoms. The fourth-order valence-electron chi connectivity index (χ4n) is 9.45. The fourth-order valence-corrected chi connectivity index (χ4v) is 9.82. The Bertz CT molecular complexity index is 3390. The maximum absolute atomic E-state index is 14.5. The van der Waals surface area contributed by atoms with Crippen LogP contribution in [0.15, 0.2) is 55.0 Å². The summed E-state index contributed by atoms with van der Waals surface area (Å²) >= 11 is 10.7. The van der Waals surface area contributed by atoms with Gasteiger partial charge in [0, 0.05) is 149 Å². The van der Waals surface area contributed by atoms with E-state index in [1.165, 1.54) is 72.8 Å². The van der Waals surface area contributed by atoms with Gasteiger partial charge in [-0.2, -0.15) is 0 Å². The Morgan fingerprint density at radius 1 is 0.470 bits per heavy atom. The first-order valence-electron chi connectivity index (χ1n) is 25.5. The second-order valence-electron chi connectivity index (χ2n) is 19.1. The van der Waals surface area contributed by atoms with Crippen LogP contribution < -0.4 is 10.6 Å². The molecular formula is C54H60ClF3N12O11S2. The van der Waals surface area contributed by atoms with Gasteiger partial charge in [0.05, 0.1) is 64.2 Å². The number of amides is 4. The van der Waals surface area contributed by atoms with Gasteiger partial charge in [-0.15, -0.1) is 12.4 Å². The van der Waals surface area contributed by atoms with Crippen LogP contribution in [0.4, 0.5) is 13.2 Å². The van der Waals surface area contributed by atoms with Crippen LogP contribution >= 0.6 is 36.8 Å². The molecule has 0 atom stereocenters. The number of ketones is 3. The van der Waals surface area contributed by atoms with E-state index in [0.717, 1.165) is 18.2 Å². The smallest absolute Gasteiger partial charge is 0.339 e. The molecule has 0 aliphatic carbocycles. The first kappa shape index (κ1) is 63.7. The quantitative estimate of drug-likeness (QED) is 0.0602. The summed E-state index contributed by atoms with van der Waals surface area (Å²) < 4.78 is 52.5. The third-order valence-electron chi connectivity index (χ3n) is 13.8. The number of Topliss-reactive ketones (excluding diaryl/α,β-unsaturated/α-hetero) is 3. The molecule has 0 unspecified atom stereocenters. The van der Waals surface area contributed by atoms with Gasteiger partial charge in [-0.3, -0.25) is 33.6 Å². The zero-order valence-corrected chi connectivity index (χ0v) is 48.6. The molecule has 3 aromatic heterocycles. The van der Waals surface area contributed by atoms with Gasteiger partial charge < -0.3 is 69.4 Å². The van der Waals surface area contributed by atoms with E-state index in [2.05, 4.69) is 35.1 Å². The molecular weight excluding hydrogens is 1150 g/mol. The van der Waals surface area contributed by atoms with Gasteiger partial charge in [-0.1, -0.05) is 0 Å². The molecule has 3 aliphatic heterocycles. The molecule has 6 aromatic rings. The number of hydrogen-bond donors (Lipinski definition) is 5. The summed E-state index contributed by atoms with van der Waals surface area (Å²) in [5, 5.41) is 6.65. The lowest BCUT2D eigenvalue weighted by atomic mass is 10.0. The van der Waals surface area contributed by atoms with Crippen LogP contribution in [-0.4, -0.2) is 240 Å². The van der Waals surface area contributed by atoms with Crippen molar-refractivity contribution in [3.8, 4) is 0 Å². The van der Waals surface area contributed by atoms with Crippen molar-refractivity contribution in [2.45, 2.75) is 0 Å². The number of carbonyl (C=O) groups excluding carboxylic acids is 9. The second-order valence-corrected chi connectivity index (χ2v) is 19.9. The van der Waals surface area contributed by atoms with Crippen molar-refractivity contribution >= 4 is 133 Å². The number of aromatic amines is 3. The number of benzene rings is 3. The number of piperazine rings is 3. The van der Waals surface area contributed by atoms with Crippen LogP contribution in [-0.2, 0) is 23.9 Å². The van der Waals surface area contributed by atoms with Crippen molar-refractivity contribution in [1.29, 1.82) is 0 Å². The number of methoxy groups -OCH3 is 2. The molecule has 5 N–H and O–H groups in total. The number of halogens is 4. The Morgan fingerprint density at radius 2 is 0.759 bits per heavy atom. The number of H-pyrrole nitrogens is 3. The van der Waals surface area contributed by atoms with E-state index < -0.39 is 70.4 Å². The molecule has 3 saturated heterocycles. The summed E-state index contributed by atoms with van der Waals surface area (Å²) in [6.07, 6.45) is 3.78. The molecule has 3 aromatic carbocycles. The van der Waals surface area contributed by atoms with Gasteiger partial charge >= 0.3 is 11.9 Å². The van der Waals surface area contributed by atoms with Crippen molar-refractivity contribution in [1.82, 2.24) is 59.9 Å². The number of rotatable bonds is 9. The zero-order valence-electron chi connectivity index (χ0n) is 46.2. The van der Waals surface area contributed by atoms with Crippen molar-refractivity contribution in [2.75, 3.05) is 128 Å². The zero-order chi connectivity index (χ0) is 59.9. The molecule has 83 heavy (non-hydrogen) atoms. The highest BCUT2D eigenvalue weighted by atomic mass is 35.5.